The van der Waals surface area contributed by atoms with Crippen molar-refractivity contribution >= 4 is 39.4 Å². The van der Waals surface area contributed by atoms with Gasteiger partial charge in [-0.25, -0.2) is 0 Å². The van der Waals surface area contributed by atoms with Crippen LogP contribution in [-0.2, 0) is 14.4 Å². The number of hydrogen-bond acceptors (Lipinski definition) is 4. The van der Waals surface area contributed by atoms with Crippen molar-refractivity contribution in [1.29, 1.82) is 0 Å². The van der Waals surface area contributed by atoms with E-state index in [4.69, 9.17) is 4.42 Å². The van der Waals surface area contributed by atoms with Crippen LogP contribution in [0.1, 0.15) is 26.0 Å². The highest BCUT2D eigenvalue weighted by Gasteiger charge is 2.48. The molecular formula is C15H15BrO4. The lowest BCUT2D eigenvalue weighted by Gasteiger charge is -2.35. The molecule has 0 unspecified atom stereocenters. The van der Waals surface area contributed by atoms with E-state index in [-0.39, 0.29) is 18.0 Å². The lowest BCUT2D eigenvalue weighted by Crippen LogP contribution is -2.49. The minimum Gasteiger partial charge on any atom is -0.465 e. The normalized spacial score (nSPS) is 26.1. The second-order valence-corrected chi connectivity index (χ2v) is 6.50. The van der Waals surface area contributed by atoms with Crippen molar-refractivity contribution in [2.24, 2.45) is 11.3 Å². The molecule has 2 atom stereocenters. The van der Waals surface area contributed by atoms with E-state index < -0.39 is 21.9 Å². The fourth-order valence-corrected chi connectivity index (χ4v) is 2.70. The molecule has 0 aromatic carbocycles. The minimum atomic E-state index is -1.20. The molecule has 1 saturated carbocycles. The largest absolute Gasteiger partial charge is 0.465 e. The molecule has 0 amide bonds. The maximum absolute atomic E-state index is 12.2. The molecule has 1 aliphatic rings. The predicted octanol–water partition coefficient (Wildman–Crippen LogP) is 2.81. The summed E-state index contributed by atoms with van der Waals surface area (Å²) in [4.78, 5) is 35.8. The topological polar surface area (TPSA) is 64.3 Å². The Morgan fingerprint density at radius 3 is 2.75 bits per heavy atom. The quantitative estimate of drug-likeness (QED) is 0.483. The van der Waals surface area contributed by atoms with Crippen molar-refractivity contribution in [3.05, 3.63) is 30.2 Å². The van der Waals surface area contributed by atoms with E-state index in [1.54, 1.807) is 12.1 Å². The predicted molar refractivity (Wildman–Crippen MR) is 77.4 cm³/mol. The number of furan rings is 1. The molecule has 1 aromatic heterocycles. The Kier molecular flexibility index (Phi) is 4.09. The molecule has 0 N–H and O–H groups in total. The summed E-state index contributed by atoms with van der Waals surface area (Å²) in [5.74, 6) is -1.86. The zero-order valence-electron chi connectivity index (χ0n) is 11.3. The molecule has 1 heterocycles. The van der Waals surface area contributed by atoms with Crippen LogP contribution in [0, 0.1) is 11.3 Å². The zero-order chi connectivity index (χ0) is 14.9. The van der Waals surface area contributed by atoms with Crippen LogP contribution in [0.25, 0.3) is 6.08 Å². The third kappa shape index (κ3) is 2.82. The number of carbonyl (C=O) groups excluding carboxylic acids is 3. The number of rotatable bonds is 3. The summed E-state index contributed by atoms with van der Waals surface area (Å²) in [6.45, 7) is 3.67. The summed E-state index contributed by atoms with van der Waals surface area (Å²) in [7, 11) is 0. The summed E-state index contributed by atoms with van der Waals surface area (Å²) in [6.07, 6.45) is 4.39. The number of carbonyl (C=O) groups is 3. The van der Waals surface area contributed by atoms with Crippen LogP contribution in [0.2, 0.25) is 0 Å². The zero-order valence-corrected chi connectivity index (χ0v) is 12.8. The van der Waals surface area contributed by atoms with Gasteiger partial charge in [-0.3, -0.25) is 14.4 Å². The Morgan fingerprint density at radius 2 is 2.15 bits per heavy atom. The minimum absolute atomic E-state index is 0.208. The van der Waals surface area contributed by atoms with E-state index in [0.717, 1.165) is 0 Å². The number of allylic oxidation sites excluding steroid dienone is 1. The van der Waals surface area contributed by atoms with Crippen molar-refractivity contribution in [3.63, 3.8) is 0 Å². The maximum Gasteiger partial charge on any atom is 0.173 e. The highest BCUT2D eigenvalue weighted by atomic mass is 79.9. The number of hydrogen-bond donors (Lipinski definition) is 0. The molecular weight excluding hydrogens is 324 g/mol. The van der Waals surface area contributed by atoms with Gasteiger partial charge in [-0.15, -0.1) is 0 Å². The molecule has 0 saturated heterocycles. The number of Topliss-reactive ketones (excluding diaryl/α,β-unsaturated/α-hetero) is 2. The van der Waals surface area contributed by atoms with E-state index >= 15 is 0 Å². The van der Waals surface area contributed by atoms with Gasteiger partial charge in [0, 0.05) is 6.42 Å². The fourth-order valence-electron chi connectivity index (χ4n) is 2.28. The first-order valence-electron chi connectivity index (χ1n) is 6.29. The summed E-state index contributed by atoms with van der Waals surface area (Å²) in [5.41, 5.74) is -0.463. The lowest BCUT2D eigenvalue weighted by atomic mass is 9.70. The standard InChI is InChI=1S/C15H15BrO4/c1-15(2)8-11(18)12(13(19)14(15)16)10(17)6-5-9-4-3-7-20-9/h3-7,12,14H,8H2,1-2H3/b6-5+/t12-,14-/m1/s1. The Balaban J connectivity index is 2.17. The van der Waals surface area contributed by atoms with E-state index in [1.807, 2.05) is 13.8 Å². The highest BCUT2D eigenvalue weighted by molar-refractivity contribution is 9.10. The van der Waals surface area contributed by atoms with Gasteiger partial charge in [-0.05, 0) is 29.7 Å². The van der Waals surface area contributed by atoms with E-state index in [2.05, 4.69) is 15.9 Å². The molecule has 0 spiro atoms. The van der Waals surface area contributed by atoms with Crippen LogP contribution < -0.4 is 0 Å². The summed E-state index contributed by atoms with van der Waals surface area (Å²) < 4.78 is 5.06. The third-order valence-electron chi connectivity index (χ3n) is 3.41. The van der Waals surface area contributed by atoms with Gasteiger partial charge in [0.25, 0.3) is 0 Å². The van der Waals surface area contributed by atoms with Crippen molar-refractivity contribution in [1.82, 2.24) is 0 Å². The van der Waals surface area contributed by atoms with Crippen LogP contribution in [0.15, 0.2) is 28.9 Å². The lowest BCUT2D eigenvalue weighted by molar-refractivity contribution is -0.142. The fraction of sp³-hybridized carbons (Fsp3) is 0.400. The van der Waals surface area contributed by atoms with Crippen molar-refractivity contribution in [2.45, 2.75) is 25.1 Å². The van der Waals surface area contributed by atoms with Crippen LogP contribution in [0.3, 0.4) is 0 Å². The smallest absolute Gasteiger partial charge is 0.173 e. The monoisotopic (exact) mass is 338 g/mol. The van der Waals surface area contributed by atoms with Crippen molar-refractivity contribution < 1.29 is 18.8 Å². The van der Waals surface area contributed by atoms with Gasteiger partial charge in [0.1, 0.15) is 11.7 Å². The molecule has 0 aliphatic heterocycles. The molecule has 1 aromatic rings. The van der Waals surface area contributed by atoms with Crippen molar-refractivity contribution in [2.75, 3.05) is 0 Å². The number of ketones is 3. The van der Waals surface area contributed by atoms with Gasteiger partial charge < -0.3 is 4.42 Å². The number of alkyl halides is 1. The first-order chi connectivity index (χ1) is 9.33. The van der Waals surface area contributed by atoms with Gasteiger partial charge in [0.15, 0.2) is 17.3 Å². The van der Waals surface area contributed by atoms with Gasteiger partial charge in [0.2, 0.25) is 0 Å². The molecule has 4 nitrogen and oxygen atoms in total. The Labute approximate surface area is 125 Å². The average molecular weight is 339 g/mol. The van der Waals surface area contributed by atoms with E-state index in [0.29, 0.717) is 5.76 Å². The summed E-state index contributed by atoms with van der Waals surface area (Å²) in [5, 5.41) is 0. The van der Waals surface area contributed by atoms with Gasteiger partial charge in [-0.2, -0.15) is 0 Å². The molecule has 0 bridgehead atoms. The van der Waals surface area contributed by atoms with E-state index in [1.165, 1.54) is 18.4 Å². The SMILES string of the molecule is CC1(C)CC(=O)[C@@H](C(=O)/C=C/c2ccco2)C(=O)[C@H]1Br. The Morgan fingerprint density at radius 1 is 1.45 bits per heavy atom. The molecule has 20 heavy (non-hydrogen) atoms. The number of halogens is 1. The van der Waals surface area contributed by atoms with Gasteiger partial charge in [-0.1, -0.05) is 29.8 Å². The molecule has 5 heteroatoms. The van der Waals surface area contributed by atoms with Crippen LogP contribution in [-0.4, -0.2) is 22.2 Å². The second kappa shape index (κ2) is 5.48. The Hall–Kier alpha value is -1.49. The van der Waals surface area contributed by atoms with Gasteiger partial charge in [0.05, 0.1) is 11.1 Å². The molecule has 0 radical (unpaired) electrons. The first-order valence-corrected chi connectivity index (χ1v) is 7.20. The Bertz CT molecular complexity index is 569. The van der Waals surface area contributed by atoms with Crippen LogP contribution in [0.5, 0.6) is 0 Å². The first kappa shape index (κ1) is 14.9. The van der Waals surface area contributed by atoms with Crippen LogP contribution >= 0.6 is 15.9 Å². The van der Waals surface area contributed by atoms with Gasteiger partial charge >= 0.3 is 0 Å². The van der Waals surface area contributed by atoms with Crippen LogP contribution in [0.4, 0.5) is 0 Å². The summed E-state index contributed by atoms with van der Waals surface area (Å²) >= 11 is 3.30. The average Bonchev–Trinajstić information content (AvgIpc) is 2.86. The third-order valence-corrected chi connectivity index (χ3v) is 5.10. The van der Waals surface area contributed by atoms with E-state index in [9.17, 15) is 14.4 Å². The molecule has 106 valence electrons. The second-order valence-electron chi connectivity index (χ2n) is 5.58. The molecule has 1 aliphatic carbocycles. The van der Waals surface area contributed by atoms with Crippen molar-refractivity contribution in [3.8, 4) is 0 Å². The molecule has 2 rings (SSSR count). The maximum atomic E-state index is 12.2. The highest BCUT2D eigenvalue weighted by Crippen LogP contribution is 2.39. The molecule has 1 fully saturated rings. The summed E-state index contributed by atoms with van der Waals surface area (Å²) in [6, 6.07) is 3.38.